The molecule has 0 aliphatic rings. The Labute approximate surface area is 127 Å². The summed E-state index contributed by atoms with van der Waals surface area (Å²) in [5.74, 6) is -1.18. The van der Waals surface area contributed by atoms with Crippen LogP contribution in [0.3, 0.4) is 0 Å². The maximum Gasteiger partial charge on any atom is 0.168 e. The van der Waals surface area contributed by atoms with Gasteiger partial charge in [-0.15, -0.1) is 0 Å². The topological polar surface area (TPSA) is 40.5 Å². The van der Waals surface area contributed by atoms with Crippen molar-refractivity contribution in [1.29, 1.82) is 0 Å². The van der Waals surface area contributed by atoms with Gasteiger partial charge < -0.3 is 10.2 Å². The second kappa shape index (κ2) is 10.6. The average molecular weight is 287 g/mol. The Kier molecular flexibility index (Phi) is 10.6. The van der Waals surface area contributed by atoms with Crippen molar-refractivity contribution in [2.24, 2.45) is 17.8 Å². The molecule has 0 fully saturated rings. The summed E-state index contributed by atoms with van der Waals surface area (Å²) in [7, 11) is 0. The molecule has 0 amide bonds. The Morgan fingerprint density at radius 2 is 1.35 bits per heavy atom. The summed E-state index contributed by atoms with van der Waals surface area (Å²) < 4.78 is 0. The molecule has 0 aromatic rings. The molecule has 2 heteroatoms. The molecule has 0 rings (SSSR count). The summed E-state index contributed by atoms with van der Waals surface area (Å²) in [5.41, 5.74) is 0. The molecule has 0 aliphatic heterocycles. The van der Waals surface area contributed by atoms with Crippen molar-refractivity contribution in [1.82, 2.24) is 0 Å². The molecule has 0 aromatic carbocycles. The highest BCUT2D eigenvalue weighted by molar-refractivity contribution is 4.83. The van der Waals surface area contributed by atoms with Gasteiger partial charge in [0.25, 0.3) is 0 Å². The van der Waals surface area contributed by atoms with Gasteiger partial charge in [0.15, 0.2) is 5.79 Å². The van der Waals surface area contributed by atoms with E-state index in [-0.39, 0.29) is 11.8 Å². The Hall–Kier alpha value is -0.0800. The predicted molar refractivity (Wildman–Crippen MR) is 87.6 cm³/mol. The van der Waals surface area contributed by atoms with Crippen molar-refractivity contribution in [3.63, 3.8) is 0 Å². The standard InChI is InChI=1S/C18H38O2/c1-6-9-10-11-12-13-14-17(15(4)7-2)18(19,20)16(5)8-3/h15-17,19-20H,6-14H2,1-5H3. The second-order valence-electron chi connectivity index (χ2n) is 6.64. The highest BCUT2D eigenvalue weighted by atomic mass is 16.5. The fourth-order valence-electron chi connectivity index (χ4n) is 3.01. The lowest BCUT2D eigenvalue weighted by molar-refractivity contribution is -0.245. The molecule has 122 valence electrons. The summed E-state index contributed by atoms with van der Waals surface area (Å²) in [5, 5.41) is 21.1. The molecule has 0 heterocycles. The van der Waals surface area contributed by atoms with Gasteiger partial charge in [0.1, 0.15) is 0 Å². The smallest absolute Gasteiger partial charge is 0.168 e. The van der Waals surface area contributed by atoms with E-state index in [9.17, 15) is 10.2 Å². The first-order valence-corrected chi connectivity index (χ1v) is 8.86. The van der Waals surface area contributed by atoms with Gasteiger partial charge in [-0.05, 0) is 18.8 Å². The van der Waals surface area contributed by atoms with Crippen molar-refractivity contribution in [2.45, 2.75) is 98.2 Å². The lowest BCUT2D eigenvalue weighted by Crippen LogP contribution is -2.46. The summed E-state index contributed by atoms with van der Waals surface area (Å²) in [6, 6.07) is 0. The molecule has 3 atom stereocenters. The molecule has 0 saturated carbocycles. The van der Waals surface area contributed by atoms with E-state index in [1.807, 2.05) is 13.8 Å². The van der Waals surface area contributed by atoms with Crippen LogP contribution in [0.25, 0.3) is 0 Å². The van der Waals surface area contributed by atoms with E-state index in [0.29, 0.717) is 5.92 Å². The molecule has 0 bridgehead atoms. The lowest BCUT2D eigenvalue weighted by atomic mass is 9.75. The van der Waals surface area contributed by atoms with Gasteiger partial charge in [0.05, 0.1) is 0 Å². The van der Waals surface area contributed by atoms with Crippen LogP contribution in [-0.4, -0.2) is 16.0 Å². The molecule has 0 saturated heterocycles. The van der Waals surface area contributed by atoms with Crippen LogP contribution in [0.5, 0.6) is 0 Å². The molecule has 20 heavy (non-hydrogen) atoms. The molecule has 2 N–H and O–H groups in total. The van der Waals surface area contributed by atoms with Crippen molar-refractivity contribution in [3.05, 3.63) is 0 Å². The van der Waals surface area contributed by atoms with Gasteiger partial charge >= 0.3 is 0 Å². The predicted octanol–water partition coefficient (Wildman–Crippen LogP) is 5.13. The second-order valence-corrected chi connectivity index (χ2v) is 6.64. The Bertz CT molecular complexity index is 225. The van der Waals surface area contributed by atoms with Crippen molar-refractivity contribution in [2.75, 3.05) is 0 Å². The Balaban J connectivity index is 4.36. The quantitative estimate of drug-likeness (QED) is 0.386. The number of hydrogen-bond donors (Lipinski definition) is 2. The van der Waals surface area contributed by atoms with Gasteiger partial charge in [-0.25, -0.2) is 0 Å². The first-order valence-electron chi connectivity index (χ1n) is 8.86. The largest absolute Gasteiger partial charge is 0.365 e. The minimum Gasteiger partial charge on any atom is -0.365 e. The van der Waals surface area contributed by atoms with E-state index in [1.54, 1.807) is 0 Å². The van der Waals surface area contributed by atoms with Crippen LogP contribution in [-0.2, 0) is 0 Å². The van der Waals surface area contributed by atoms with Gasteiger partial charge in [-0.1, -0.05) is 79.6 Å². The fraction of sp³-hybridized carbons (Fsp3) is 1.00. The highest BCUT2D eigenvalue weighted by Crippen LogP contribution is 2.36. The molecular weight excluding hydrogens is 248 g/mol. The maximum absolute atomic E-state index is 10.5. The van der Waals surface area contributed by atoms with Crippen LogP contribution < -0.4 is 0 Å². The third-order valence-electron chi connectivity index (χ3n) is 5.08. The highest BCUT2D eigenvalue weighted by Gasteiger charge is 2.40. The first kappa shape index (κ1) is 19.9. The summed E-state index contributed by atoms with van der Waals surface area (Å²) in [4.78, 5) is 0. The van der Waals surface area contributed by atoms with Crippen molar-refractivity contribution in [3.8, 4) is 0 Å². The van der Waals surface area contributed by atoms with Gasteiger partial charge in [-0.2, -0.15) is 0 Å². The first-order chi connectivity index (χ1) is 9.41. The number of unbranched alkanes of at least 4 members (excludes halogenated alkanes) is 5. The molecule has 0 radical (unpaired) electrons. The molecular formula is C18H38O2. The normalized spacial score (nSPS) is 16.9. The van der Waals surface area contributed by atoms with E-state index in [0.717, 1.165) is 25.7 Å². The molecule has 0 aliphatic carbocycles. The lowest BCUT2D eigenvalue weighted by Gasteiger charge is -2.39. The monoisotopic (exact) mass is 286 g/mol. The van der Waals surface area contributed by atoms with Crippen LogP contribution in [0.15, 0.2) is 0 Å². The maximum atomic E-state index is 10.5. The van der Waals surface area contributed by atoms with Crippen LogP contribution >= 0.6 is 0 Å². The Morgan fingerprint density at radius 1 is 0.800 bits per heavy atom. The molecule has 0 aromatic heterocycles. The minimum absolute atomic E-state index is 0.00799. The zero-order chi connectivity index (χ0) is 15.6. The average Bonchev–Trinajstić information content (AvgIpc) is 2.44. The SMILES string of the molecule is CCCCCCCCC(C(C)CC)C(O)(O)C(C)CC. The van der Waals surface area contributed by atoms with Gasteiger partial charge in [-0.3, -0.25) is 0 Å². The summed E-state index contributed by atoms with van der Waals surface area (Å²) >= 11 is 0. The third-order valence-corrected chi connectivity index (χ3v) is 5.08. The Morgan fingerprint density at radius 3 is 1.85 bits per heavy atom. The van der Waals surface area contributed by atoms with Crippen LogP contribution in [0.4, 0.5) is 0 Å². The van der Waals surface area contributed by atoms with Crippen molar-refractivity contribution >= 4 is 0 Å². The number of aliphatic hydroxyl groups is 2. The van der Waals surface area contributed by atoms with E-state index < -0.39 is 5.79 Å². The fourth-order valence-corrected chi connectivity index (χ4v) is 3.01. The molecule has 2 nitrogen and oxygen atoms in total. The van der Waals surface area contributed by atoms with Gasteiger partial charge in [0.2, 0.25) is 0 Å². The molecule has 3 unspecified atom stereocenters. The number of hydrogen-bond acceptors (Lipinski definition) is 2. The third kappa shape index (κ3) is 6.58. The molecule has 0 spiro atoms. The van der Waals surface area contributed by atoms with E-state index >= 15 is 0 Å². The van der Waals surface area contributed by atoms with Crippen LogP contribution in [0.1, 0.15) is 92.4 Å². The minimum atomic E-state index is -1.51. The van der Waals surface area contributed by atoms with Crippen LogP contribution in [0.2, 0.25) is 0 Å². The van der Waals surface area contributed by atoms with E-state index in [1.165, 1.54) is 32.1 Å². The van der Waals surface area contributed by atoms with E-state index in [2.05, 4.69) is 20.8 Å². The summed E-state index contributed by atoms with van der Waals surface area (Å²) in [6.45, 7) is 10.5. The van der Waals surface area contributed by atoms with Crippen LogP contribution in [0, 0.1) is 17.8 Å². The zero-order valence-electron chi connectivity index (χ0n) is 14.5. The number of rotatable bonds is 12. The zero-order valence-corrected chi connectivity index (χ0v) is 14.5. The van der Waals surface area contributed by atoms with E-state index in [4.69, 9.17) is 0 Å². The summed E-state index contributed by atoms with van der Waals surface area (Å²) in [6.07, 6.45) is 10.3. The van der Waals surface area contributed by atoms with Crippen molar-refractivity contribution < 1.29 is 10.2 Å². The van der Waals surface area contributed by atoms with Gasteiger partial charge in [0, 0.05) is 11.8 Å².